The molecule has 20 heavy (non-hydrogen) atoms. The summed E-state index contributed by atoms with van der Waals surface area (Å²) in [4.78, 5) is 2.04. The second kappa shape index (κ2) is 6.67. The van der Waals surface area contributed by atoms with E-state index in [-0.39, 0.29) is 17.5 Å². The topological polar surface area (TPSA) is 83.6 Å². The number of nitrogens with zero attached hydrogens (tertiary/aromatic N) is 1. The summed E-state index contributed by atoms with van der Waals surface area (Å²) in [5.41, 5.74) is 6.66. The van der Waals surface area contributed by atoms with Gasteiger partial charge in [0, 0.05) is 13.1 Å². The lowest BCUT2D eigenvalue weighted by Crippen LogP contribution is -2.43. The molecule has 2 unspecified atom stereocenters. The van der Waals surface area contributed by atoms with Gasteiger partial charge < -0.3 is 10.8 Å². The average molecular weight is 298 g/mol. The Morgan fingerprint density at radius 2 is 1.95 bits per heavy atom. The third-order valence-corrected chi connectivity index (χ3v) is 5.34. The number of sulfone groups is 1. The van der Waals surface area contributed by atoms with Crippen LogP contribution in [-0.2, 0) is 16.4 Å². The van der Waals surface area contributed by atoms with Crippen LogP contribution in [0.3, 0.4) is 0 Å². The molecule has 0 saturated carbocycles. The molecule has 2 rings (SSSR count). The van der Waals surface area contributed by atoms with Crippen LogP contribution in [0.1, 0.15) is 12.0 Å². The molecule has 1 fully saturated rings. The van der Waals surface area contributed by atoms with Gasteiger partial charge in [0.05, 0.1) is 23.7 Å². The molecule has 0 aliphatic carbocycles. The molecule has 1 saturated heterocycles. The van der Waals surface area contributed by atoms with Gasteiger partial charge in [0.25, 0.3) is 0 Å². The van der Waals surface area contributed by atoms with Crippen LogP contribution in [0.4, 0.5) is 0 Å². The van der Waals surface area contributed by atoms with Crippen LogP contribution in [0.2, 0.25) is 0 Å². The molecule has 0 aromatic heterocycles. The Bertz CT molecular complexity index is 518. The molecule has 0 radical (unpaired) electrons. The molecule has 3 N–H and O–H groups in total. The molecule has 1 heterocycles. The van der Waals surface area contributed by atoms with Crippen LogP contribution >= 0.6 is 0 Å². The van der Waals surface area contributed by atoms with Gasteiger partial charge in [-0.15, -0.1) is 0 Å². The molecule has 0 amide bonds. The van der Waals surface area contributed by atoms with E-state index in [2.05, 4.69) is 0 Å². The average Bonchev–Trinajstić information content (AvgIpc) is 2.69. The van der Waals surface area contributed by atoms with Gasteiger partial charge >= 0.3 is 0 Å². The highest BCUT2D eigenvalue weighted by atomic mass is 32.2. The number of nitrogens with two attached hydrogens (primary N) is 1. The SMILES string of the molecule is NCCCN(Cc1ccccc1)C1CS(=O)(=O)CC1O. The number of benzene rings is 1. The Labute approximate surface area is 120 Å². The maximum atomic E-state index is 11.7. The van der Waals surface area contributed by atoms with Crippen LogP contribution in [0, 0.1) is 0 Å². The first-order valence-corrected chi connectivity index (χ1v) is 8.70. The van der Waals surface area contributed by atoms with Crippen LogP contribution in [0.25, 0.3) is 0 Å². The fourth-order valence-electron chi connectivity index (χ4n) is 2.63. The molecule has 0 spiro atoms. The van der Waals surface area contributed by atoms with Crippen molar-refractivity contribution >= 4 is 9.84 Å². The zero-order valence-electron chi connectivity index (χ0n) is 11.5. The molecule has 1 aromatic rings. The van der Waals surface area contributed by atoms with Gasteiger partial charge in [0.1, 0.15) is 0 Å². The minimum absolute atomic E-state index is 0.0333. The Balaban J connectivity index is 2.11. The van der Waals surface area contributed by atoms with E-state index in [0.717, 1.165) is 12.0 Å². The number of hydrogen-bond acceptors (Lipinski definition) is 5. The quantitative estimate of drug-likeness (QED) is 0.772. The lowest BCUT2D eigenvalue weighted by atomic mass is 10.1. The molecule has 1 aromatic carbocycles. The van der Waals surface area contributed by atoms with E-state index in [1.165, 1.54) is 0 Å². The van der Waals surface area contributed by atoms with Gasteiger partial charge in [-0.2, -0.15) is 0 Å². The first kappa shape index (κ1) is 15.4. The maximum absolute atomic E-state index is 11.7. The normalized spacial score (nSPS) is 25.1. The van der Waals surface area contributed by atoms with Crippen molar-refractivity contribution in [3.63, 3.8) is 0 Å². The minimum atomic E-state index is -3.13. The predicted molar refractivity (Wildman–Crippen MR) is 79.0 cm³/mol. The van der Waals surface area contributed by atoms with Crippen molar-refractivity contribution in [2.24, 2.45) is 5.73 Å². The molecular weight excluding hydrogens is 276 g/mol. The Kier molecular flexibility index (Phi) is 5.15. The first-order chi connectivity index (χ1) is 9.52. The highest BCUT2D eigenvalue weighted by molar-refractivity contribution is 7.91. The monoisotopic (exact) mass is 298 g/mol. The lowest BCUT2D eigenvalue weighted by Gasteiger charge is -2.30. The molecule has 5 nitrogen and oxygen atoms in total. The highest BCUT2D eigenvalue weighted by Gasteiger charge is 2.39. The summed E-state index contributed by atoms with van der Waals surface area (Å²) in [6.45, 7) is 1.89. The van der Waals surface area contributed by atoms with Crippen LogP contribution in [0.15, 0.2) is 30.3 Å². The zero-order valence-corrected chi connectivity index (χ0v) is 12.3. The van der Waals surface area contributed by atoms with Crippen molar-refractivity contribution < 1.29 is 13.5 Å². The van der Waals surface area contributed by atoms with Gasteiger partial charge in [0.2, 0.25) is 0 Å². The summed E-state index contributed by atoms with van der Waals surface area (Å²) in [5, 5.41) is 10.0. The second-order valence-corrected chi connectivity index (χ2v) is 7.46. The number of hydrogen-bond donors (Lipinski definition) is 2. The van der Waals surface area contributed by atoms with E-state index in [0.29, 0.717) is 19.6 Å². The van der Waals surface area contributed by atoms with E-state index >= 15 is 0 Å². The molecule has 2 atom stereocenters. The van der Waals surface area contributed by atoms with E-state index in [1.54, 1.807) is 0 Å². The van der Waals surface area contributed by atoms with Gasteiger partial charge in [-0.3, -0.25) is 4.90 Å². The van der Waals surface area contributed by atoms with Crippen molar-refractivity contribution in [1.29, 1.82) is 0 Å². The second-order valence-electron chi connectivity index (χ2n) is 5.31. The Hall–Kier alpha value is -0.950. The Morgan fingerprint density at radius 1 is 1.25 bits per heavy atom. The molecule has 1 aliphatic rings. The first-order valence-electron chi connectivity index (χ1n) is 6.88. The molecule has 1 aliphatic heterocycles. The number of aliphatic hydroxyl groups is 1. The summed E-state index contributed by atoms with van der Waals surface area (Å²) in [7, 11) is -3.13. The Morgan fingerprint density at radius 3 is 2.50 bits per heavy atom. The number of aliphatic hydroxyl groups excluding tert-OH is 1. The van der Waals surface area contributed by atoms with Gasteiger partial charge in [-0.05, 0) is 18.5 Å². The van der Waals surface area contributed by atoms with Crippen LogP contribution < -0.4 is 5.73 Å². The van der Waals surface area contributed by atoms with E-state index in [9.17, 15) is 13.5 Å². The molecular formula is C14H22N2O3S. The van der Waals surface area contributed by atoms with Crippen LogP contribution in [0.5, 0.6) is 0 Å². The van der Waals surface area contributed by atoms with Gasteiger partial charge in [-0.1, -0.05) is 30.3 Å². The highest BCUT2D eigenvalue weighted by Crippen LogP contribution is 2.20. The summed E-state index contributed by atoms with van der Waals surface area (Å²) >= 11 is 0. The summed E-state index contributed by atoms with van der Waals surface area (Å²) in [5.74, 6) is -0.100. The van der Waals surface area contributed by atoms with Crippen molar-refractivity contribution in [2.75, 3.05) is 24.6 Å². The smallest absolute Gasteiger partial charge is 0.154 e. The zero-order chi connectivity index (χ0) is 14.6. The van der Waals surface area contributed by atoms with Crippen molar-refractivity contribution in [3.05, 3.63) is 35.9 Å². The van der Waals surface area contributed by atoms with Gasteiger partial charge in [0.15, 0.2) is 9.84 Å². The predicted octanol–water partition coefficient (Wildman–Crippen LogP) is -0.00470. The maximum Gasteiger partial charge on any atom is 0.154 e. The van der Waals surface area contributed by atoms with Crippen LogP contribution in [-0.4, -0.2) is 55.2 Å². The molecule has 0 bridgehead atoms. The fraction of sp³-hybridized carbons (Fsp3) is 0.571. The van der Waals surface area contributed by atoms with Gasteiger partial charge in [-0.25, -0.2) is 8.42 Å². The van der Waals surface area contributed by atoms with E-state index in [1.807, 2.05) is 35.2 Å². The fourth-order valence-corrected chi connectivity index (χ4v) is 4.47. The third kappa shape index (κ3) is 4.02. The molecule has 112 valence electrons. The van der Waals surface area contributed by atoms with Crippen molar-refractivity contribution in [3.8, 4) is 0 Å². The third-order valence-electron chi connectivity index (χ3n) is 3.64. The lowest BCUT2D eigenvalue weighted by molar-refractivity contribution is 0.0777. The summed E-state index contributed by atoms with van der Waals surface area (Å²) < 4.78 is 23.3. The molecule has 6 heteroatoms. The summed E-state index contributed by atoms with van der Waals surface area (Å²) in [6, 6.07) is 9.54. The summed E-state index contributed by atoms with van der Waals surface area (Å²) in [6.07, 6.45) is -0.0164. The number of rotatable bonds is 6. The minimum Gasteiger partial charge on any atom is -0.390 e. The van der Waals surface area contributed by atoms with Crippen molar-refractivity contribution in [2.45, 2.75) is 25.1 Å². The largest absolute Gasteiger partial charge is 0.390 e. The van der Waals surface area contributed by atoms with E-state index < -0.39 is 15.9 Å². The standard InChI is InChI=1S/C14H22N2O3S/c15-7-4-8-16(9-12-5-2-1-3-6-12)13-10-20(18,19)11-14(13)17/h1-3,5-6,13-14,17H,4,7-11,15H2. The van der Waals surface area contributed by atoms with E-state index in [4.69, 9.17) is 5.73 Å². The van der Waals surface area contributed by atoms with Crippen molar-refractivity contribution in [1.82, 2.24) is 4.90 Å².